The molecular weight excluding hydrogens is 248 g/mol. The van der Waals surface area contributed by atoms with Crippen molar-refractivity contribution in [2.75, 3.05) is 19.7 Å². The third-order valence-electron chi connectivity index (χ3n) is 3.73. The number of carboxylic acids is 1. The number of aromatic nitrogens is 3. The average Bonchev–Trinajstić information content (AvgIpc) is 2.83. The molecule has 104 valence electrons. The van der Waals surface area contributed by atoms with Crippen LogP contribution >= 0.6 is 0 Å². The van der Waals surface area contributed by atoms with E-state index in [0.717, 1.165) is 31.2 Å². The third-order valence-corrected chi connectivity index (χ3v) is 3.73. The highest BCUT2D eigenvalue weighted by atomic mass is 16.5. The smallest absolute Gasteiger partial charge is 0.334 e. The van der Waals surface area contributed by atoms with E-state index in [1.165, 1.54) is 12.8 Å². The van der Waals surface area contributed by atoms with Crippen LogP contribution in [0.2, 0.25) is 0 Å². The van der Waals surface area contributed by atoms with E-state index in [1.54, 1.807) is 0 Å². The van der Waals surface area contributed by atoms with Crippen LogP contribution in [0.15, 0.2) is 0 Å². The van der Waals surface area contributed by atoms with Crippen molar-refractivity contribution in [2.45, 2.75) is 38.5 Å². The molecule has 7 nitrogen and oxygen atoms in total. The Kier molecular flexibility index (Phi) is 3.48. The first-order valence-corrected chi connectivity index (χ1v) is 6.72. The molecule has 1 aromatic heterocycles. The molecule has 0 saturated carbocycles. The number of carboxylic acid groups (broad SMARTS) is 1. The Morgan fingerprint density at radius 3 is 3.11 bits per heavy atom. The lowest BCUT2D eigenvalue weighted by Crippen LogP contribution is -2.45. The van der Waals surface area contributed by atoms with Gasteiger partial charge in [-0.15, -0.1) is 10.2 Å². The van der Waals surface area contributed by atoms with Crippen molar-refractivity contribution in [1.29, 1.82) is 0 Å². The predicted octanol–water partition coefficient (Wildman–Crippen LogP) is -0.100. The Labute approximate surface area is 111 Å². The fourth-order valence-electron chi connectivity index (χ4n) is 2.68. The summed E-state index contributed by atoms with van der Waals surface area (Å²) in [7, 11) is 0. The lowest BCUT2D eigenvalue weighted by Gasteiger charge is -2.30. The number of aryl methyl sites for hydroxylation is 1. The van der Waals surface area contributed by atoms with Crippen molar-refractivity contribution >= 4 is 5.97 Å². The first kappa shape index (κ1) is 12.6. The number of hydrogen-bond acceptors (Lipinski definition) is 5. The molecule has 1 atom stereocenters. The largest absolute Gasteiger partial charge is 0.479 e. The average molecular weight is 266 g/mol. The van der Waals surface area contributed by atoms with E-state index < -0.39 is 12.1 Å². The number of rotatable bonds is 3. The standard InChI is InChI=1S/C12H18N4O3/c17-12(18)9-7-15(5-6-19-9)8-11-14-13-10-3-1-2-4-16(10)11/h9H,1-8H2,(H,17,18). The Morgan fingerprint density at radius 2 is 2.26 bits per heavy atom. The van der Waals surface area contributed by atoms with Crippen molar-refractivity contribution in [3.8, 4) is 0 Å². The molecule has 3 rings (SSSR count). The van der Waals surface area contributed by atoms with Gasteiger partial charge in [0.05, 0.1) is 13.2 Å². The molecular formula is C12H18N4O3. The molecule has 1 unspecified atom stereocenters. The van der Waals surface area contributed by atoms with Gasteiger partial charge < -0.3 is 14.4 Å². The summed E-state index contributed by atoms with van der Waals surface area (Å²) in [5.74, 6) is 1.11. The van der Waals surface area contributed by atoms with Gasteiger partial charge in [0.25, 0.3) is 0 Å². The van der Waals surface area contributed by atoms with Crippen LogP contribution in [-0.4, -0.2) is 56.5 Å². The maximum absolute atomic E-state index is 11.0. The number of ether oxygens (including phenoxy) is 1. The first-order chi connectivity index (χ1) is 9.24. The van der Waals surface area contributed by atoms with Gasteiger partial charge in [0.2, 0.25) is 0 Å². The highest BCUT2D eigenvalue weighted by molar-refractivity contribution is 5.72. The summed E-state index contributed by atoms with van der Waals surface area (Å²) in [5.41, 5.74) is 0. The van der Waals surface area contributed by atoms with E-state index in [1.807, 2.05) is 0 Å². The molecule has 0 radical (unpaired) electrons. The quantitative estimate of drug-likeness (QED) is 0.823. The molecule has 2 aliphatic heterocycles. The second-order valence-electron chi connectivity index (χ2n) is 5.07. The molecule has 2 aliphatic rings. The van der Waals surface area contributed by atoms with Gasteiger partial charge in [0.15, 0.2) is 6.10 Å². The summed E-state index contributed by atoms with van der Waals surface area (Å²) in [6.45, 7) is 3.24. The zero-order valence-corrected chi connectivity index (χ0v) is 10.8. The summed E-state index contributed by atoms with van der Waals surface area (Å²) in [5, 5.41) is 17.4. The van der Waals surface area contributed by atoms with E-state index >= 15 is 0 Å². The number of carbonyl (C=O) groups is 1. The number of aliphatic carboxylic acids is 1. The molecule has 0 amide bonds. The molecule has 1 saturated heterocycles. The molecule has 0 aromatic carbocycles. The van der Waals surface area contributed by atoms with Gasteiger partial charge in [0.1, 0.15) is 11.6 Å². The van der Waals surface area contributed by atoms with Crippen molar-refractivity contribution in [3.05, 3.63) is 11.6 Å². The fraction of sp³-hybridized carbons (Fsp3) is 0.750. The van der Waals surface area contributed by atoms with Crippen LogP contribution in [-0.2, 0) is 29.0 Å². The fourth-order valence-corrected chi connectivity index (χ4v) is 2.68. The summed E-state index contributed by atoms with van der Waals surface area (Å²) in [6.07, 6.45) is 2.61. The van der Waals surface area contributed by atoms with Crippen molar-refractivity contribution in [3.63, 3.8) is 0 Å². The topological polar surface area (TPSA) is 80.5 Å². The minimum absolute atomic E-state index is 0.414. The van der Waals surface area contributed by atoms with Crippen LogP contribution in [0.3, 0.4) is 0 Å². The Morgan fingerprint density at radius 1 is 1.37 bits per heavy atom. The molecule has 0 aliphatic carbocycles. The molecule has 1 aromatic rings. The maximum atomic E-state index is 11.0. The number of fused-ring (bicyclic) bond motifs is 1. The molecule has 1 N–H and O–H groups in total. The number of hydrogen-bond donors (Lipinski definition) is 1. The van der Waals surface area contributed by atoms with Gasteiger partial charge >= 0.3 is 5.97 Å². The van der Waals surface area contributed by atoms with Crippen LogP contribution in [0, 0.1) is 0 Å². The van der Waals surface area contributed by atoms with Gasteiger partial charge in [-0.3, -0.25) is 4.90 Å². The maximum Gasteiger partial charge on any atom is 0.334 e. The molecule has 3 heterocycles. The molecule has 0 bridgehead atoms. The molecule has 19 heavy (non-hydrogen) atoms. The lowest BCUT2D eigenvalue weighted by molar-refractivity contribution is -0.156. The van der Waals surface area contributed by atoms with Gasteiger partial charge in [-0.05, 0) is 12.8 Å². The van der Waals surface area contributed by atoms with Crippen LogP contribution < -0.4 is 0 Å². The van der Waals surface area contributed by atoms with Crippen molar-refractivity contribution in [1.82, 2.24) is 19.7 Å². The minimum Gasteiger partial charge on any atom is -0.479 e. The summed E-state index contributed by atoms with van der Waals surface area (Å²) >= 11 is 0. The zero-order chi connectivity index (χ0) is 13.2. The van der Waals surface area contributed by atoms with Crippen LogP contribution in [0.1, 0.15) is 24.5 Å². The van der Waals surface area contributed by atoms with Crippen LogP contribution in [0.25, 0.3) is 0 Å². The summed E-state index contributed by atoms with van der Waals surface area (Å²) < 4.78 is 7.39. The van der Waals surface area contributed by atoms with Gasteiger partial charge in [-0.2, -0.15) is 0 Å². The number of morpholine rings is 1. The van der Waals surface area contributed by atoms with Crippen LogP contribution in [0.5, 0.6) is 0 Å². The predicted molar refractivity (Wildman–Crippen MR) is 65.6 cm³/mol. The van der Waals surface area contributed by atoms with Gasteiger partial charge in [-0.1, -0.05) is 0 Å². The zero-order valence-electron chi connectivity index (χ0n) is 10.8. The first-order valence-electron chi connectivity index (χ1n) is 6.72. The third kappa shape index (κ3) is 2.62. The Bertz CT molecular complexity index is 474. The SMILES string of the molecule is O=C(O)C1CN(Cc2nnc3n2CCCC3)CCO1. The molecule has 0 spiro atoms. The summed E-state index contributed by atoms with van der Waals surface area (Å²) in [6, 6.07) is 0. The van der Waals surface area contributed by atoms with Crippen LogP contribution in [0.4, 0.5) is 0 Å². The summed E-state index contributed by atoms with van der Waals surface area (Å²) in [4.78, 5) is 13.0. The Hall–Kier alpha value is -1.47. The second kappa shape index (κ2) is 5.26. The monoisotopic (exact) mass is 266 g/mol. The van der Waals surface area contributed by atoms with E-state index in [4.69, 9.17) is 9.84 Å². The van der Waals surface area contributed by atoms with E-state index in [9.17, 15) is 4.79 Å². The highest BCUT2D eigenvalue weighted by Crippen LogP contribution is 2.16. The highest BCUT2D eigenvalue weighted by Gasteiger charge is 2.27. The Balaban J connectivity index is 1.68. The van der Waals surface area contributed by atoms with Gasteiger partial charge in [-0.25, -0.2) is 4.79 Å². The number of nitrogens with zero attached hydrogens (tertiary/aromatic N) is 4. The van der Waals surface area contributed by atoms with E-state index in [2.05, 4.69) is 19.7 Å². The van der Waals surface area contributed by atoms with Crippen molar-refractivity contribution < 1.29 is 14.6 Å². The minimum atomic E-state index is -0.895. The van der Waals surface area contributed by atoms with Crippen molar-refractivity contribution in [2.24, 2.45) is 0 Å². The normalized spacial score (nSPS) is 24.1. The van der Waals surface area contributed by atoms with E-state index in [-0.39, 0.29) is 0 Å². The molecule has 7 heteroatoms. The molecule has 1 fully saturated rings. The second-order valence-corrected chi connectivity index (χ2v) is 5.07. The lowest BCUT2D eigenvalue weighted by atomic mass is 10.1. The van der Waals surface area contributed by atoms with Gasteiger partial charge in [0, 0.05) is 26.1 Å². The van der Waals surface area contributed by atoms with E-state index in [0.29, 0.717) is 19.7 Å².